The summed E-state index contributed by atoms with van der Waals surface area (Å²) < 4.78 is 4.80. The number of aromatic nitrogens is 3. The van der Waals surface area contributed by atoms with Crippen LogP contribution in [0.15, 0.2) is 35.4 Å². The predicted octanol–water partition coefficient (Wildman–Crippen LogP) is 1.85. The first-order chi connectivity index (χ1) is 8.72. The molecule has 0 radical (unpaired) electrons. The van der Waals surface area contributed by atoms with Crippen molar-refractivity contribution < 1.29 is 9.53 Å². The van der Waals surface area contributed by atoms with Gasteiger partial charge in [-0.15, -0.1) is 24.8 Å². The topological polar surface area (TPSA) is 84.9 Å². The van der Waals surface area contributed by atoms with Gasteiger partial charge in [0.1, 0.15) is 5.56 Å². The zero-order valence-electron chi connectivity index (χ0n) is 10.5. The number of nitrogens with zero attached hydrogens (tertiary/aromatic N) is 2. The summed E-state index contributed by atoms with van der Waals surface area (Å²) in [5, 5.41) is 6.16. The SMILES string of the molecule is CCOC(=O)c1cc(-c2ccncc2)n[nH]c1=O.Cl.Cl. The minimum Gasteiger partial charge on any atom is -0.462 e. The van der Waals surface area contributed by atoms with E-state index in [1.807, 2.05) is 0 Å². The molecule has 2 rings (SSSR count). The number of aromatic amines is 1. The van der Waals surface area contributed by atoms with E-state index in [9.17, 15) is 9.59 Å². The third-order valence-electron chi connectivity index (χ3n) is 2.28. The molecule has 0 aliphatic heterocycles. The Kier molecular flexibility index (Phi) is 7.49. The van der Waals surface area contributed by atoms with Gasteiger partial charge in [0.15, 0.2) is 0 Å². The van der Waals surface area contributed by atoms with Crippen LogP contribution in [-0.4, -0.2) is 27.8 Å². The highest BCUT2D eigenvalue weighted by Gasteiger charge is 2.13. The lowest BCUT2D eigenvalue weighted by atomic mass is 10.1. The van der Waals surface area contributed by atoms with Gasteiger partial charge >= 0.3 is 5.97 Å². The Balaban J connectivity index is 0.00000180. The Bertz CT molecular complexity index is 617. The number of hydrogen-bond acceptors (Lipinski definition) is 5. The molecule has 0 fully saturated rings. The number of ether oxygens (including phenoxy) is 1. The average Bonchev–Trinajstić information content (AvgIpc) is 2.40. The molecule has 108 valence electrons. The zero-order valence-corrected chi connectivity index (χ0v) is 12.2. The molecule has 0 spiro atoms. The number of nitrogens with one attached hydrogen (secondary N) is 1. The summed E-state index contributed by atoms with van der Waals surface area (Å²) in [6.45, 7) is 1.89. The molecule has 2 heterocycles. The predicted molar refractivity (Wildman–Crippen MR) is 78.5 cm³/mol. The van der Waals surface area contributed by atoms with E-state index in [2.05, 4.69) is 15.2 Å². The standard InChI is InChI=1S/C12H11N3O3.2ClH/c1-2-18-12(17)9-7-10(14-15-11(9)16)8-3-5-13-6-4-8;;/h3-7H,2H2,1H3,(H,15,16);2*1H. The van der Waals surface area contributed by atoms with Crippen molar-refractivity contribution in [1.29, 1.82) is 0 Å². The fourth-order valence-electron chi connectivity index (χ4n) is 1.44. The molecule has 6 nitrogen and oxygen atoms in total. The zero-order chi connectivity index (χ0) is 13.0. The maximum Gasteiger partial charge on any atom is 0.343 e. The molecular weight excluding hydrogens is 305 g/mol. The van der Waals surface area contributed by atoms with E-state index in [0.717, 1.165) is 5.56 Å². The van der Waals surface area contributed by atoms with Crippen LogP contribution in [0.3, 0.4) is 0 Å². The summed E-state index contributed by atoms with van der Waals surface area (Å²) in [4.78, 5) is 26.9. The number of rotatable bonds is 3. The van der Waals surface area contributed by atoms with Gasteiger partial charge in [-0.2, -0.15) is 5.10 Å². The summed E-state index contributed by atoms with van der Waals surface area (Å²) >= 11 is 0. The fourth-order valence-corrected chi connectivity index (χ4v) is 1.44. The lowest BCUT2D eigenvalue weighted by molar-refractivity contribution is 0.0524. The monoisotopic (exact) mass is 317 g/mol. The number of carbonyl (C=O) groups is 1. The Morgan fingerprint density at radius 2 is 1.95 bits per heavy atom. The van der Waals surface area contributed by atoms with Crippen LogP contribution in [0.25, 0.3) is 11.3 Å². The number of carbonyl (C=O) groups excluding carboxylic acids is 1. The summed E-state index contributed by atoms with van der Waals surface area (Å²) in [5.41, 5.74) is 0.622. The van der Waals surface area contributed by atoms with Gasteiger partial charge in [-0.3, -0.25) is 9.78 Å². The van der Waals surface area contributed by atoms with Gasteiger partial charge < -0.3 is 4.74 Å². The van der Waals surface area contributed by atoms with Gasteiger partial charge in [0.25, 0.3) is 5.56 Å². The van der Waals surface area contributed by atoms with Crippen molar-refractivity contribution in [3.05, 3.63) is 46.5 Å². The third-order valence-corrected chi connectivity index (χ3v) is 2.28. The molecule has 0 amide bonds. The van der Waals surface area contributed by atoms with Crippen molar-refractivity contribution in [2.75, 3.05) is 6.61 Å². The fraction of sp³-hybridized carbons (Fsp3) is 0.167. The lowest BCUT2D eigenvalue weighted by Crippen LogP contribution is -2.21. The van der Waals surface area contributed by atoms with Gasteiger partial charge in [-0.1, -0.05) is 0 Å². The van der Waals surface area contributed by atoms with Gasteiger partial charge in [0, 0.05) is 18.0 Å². The van der Waals surface area contributed by atoms with E-state index in [1.165, 1.54) is 6.07 Å². The van der Waals surface area contributed by atoms with Crippen molar-refractivity contribution in [1.82, 2.24) is 15.2 Å². The summed E-state index contributed by atoms with van der Waals surface area (Å²) in [7, 11) is 0. The van der Waals surface area contributed by atoms with Crippen LogP contribution in [0.2, 0.25) is 0 Å². The van der Waals surface area contributed by atoms with Crippen molar-refractivity contribution in [3.63, 3.8) is 0 Å². The second kappa shape index (κ2) is 8.29. The van der Waals surface area contributed by atoms with Gasteiger partial charge in [-0.25, -0.2) is 9.89 Å². The first-order valence-corrected chi connectivity index (χ1v) is 5.39. The van der Waals surface area contributed by atoms with Gasteiger partial charge in [0.2, 0.25) is 0 Å². The largest absolute Gasteiger partial charge is 0.462 e. The molecule has 1 N–H and O–H groups in total. The molecule has 8 heteroatoms. The lowest BCUT2D eigenvalue weighted by Gasteiger charge is -2.03. The highest BCUT2D eigenvalue weighted by Crippen LogP contribution is 2.14. The molecule has 20 heavy (non-hydrogen) atoms. The maximum absolute atomic E-state index is 11.6. The third kappa shape index (κ3) is 4.04. The first-order valence-electron chi connectivity index (χ1n) is 5.39. The number of H-pyrrole nitrogens is 1. The van der Waals surface area contributed by atoms with E-state index in [0.29, 0.717) is 5.69 Å². The van der Waals surface area contributed by atoms with Crippen molar-refractivity contribution in [3.8, 4) is 11.3 Å². The normalized spacial score (nSPS) is 9.05. The molecule has 0 unspecified atom stereocenters. The van der Waals surface area contributed by atoms with Crippen LogP contribution in [0.5, 0.6) is 0 Å². The summed E-state index contributed by atoms with van der Waals surface area (Å²) in [6.07, 6.45) is 3.21. The number of esters is 1. The van der Waals surface area contributed by atoms with Crippen molar-refractivity contribution in [2.24, 2.45) is 0 Å². The minimum atomic E-state index is -0.656. The highest BCUT2D eigenvalue weighted by atomic mass is 35.5. The molecular formula is C12H13Cl2N3O3. The molecule has 0 saturated carbocycles. The van der Waals surface area contributed by atoms with Crippen LogP contribution in [0.4, 0.5) is 0 Å². The molecule has 0 bridgehead atoms. The molecule has 2 aromatic rings. The number of pyridine rings is 1. The molecule has 0 aromatic carbocycles. The summed E-state index contributed by atoms with van der Waals surface area (Å²) in [5.74, 6) is -0.656. The van der Waals surface area contributed by atoms with E-state index in [-0.39, 0.29) is 37.0 Å². The van der Waals surface area contributed by atoms with Crippen LogP contribution in [0, 0.1) is 0 Å². The van der Waals surface area contributed by atoms with Gasteiger partial charge in [-0.05, 0) is 25.1 Å². The Morgan fingerprint density at radius 3 is 2.55 bits per heavy atom. The summed E-state index contributed by atoms with van der Waals surface area (Å²) in [6, 6.07) is 4.87. The van der Waals surface area contributed by atoms with E-state index in [1.54, 1.807) is 31.5 Å². The highest BCUT2D eigenvalue weighted by molar-refractivity contribution is 5.90. The van der Waals surface area contributed by atoms with Crippen LogP contribution >= 0.6 is 24.8 Å². The Morgan fingerprint density at radius 1 is 1.30 bits per heavy atom. The van der Waals surface area contributed by atoms with E-state index in [4.69, 9.17) is 4.74 Å². The number of halogens is 2. The maximum atomic E-state index is 11.6. The second-order valence-electron chi connectivity index (χ2n) is 3.45. The van der Waals surface area contributed by atoms with Crippen LogP contribution < -0.4 is 5.56 Å². The second-order valence-corrected chi connectivity index (χ2v) is 3.45. The van der Waals surface area contributed by atoms with Crippen molar-refractivity contribution >= 4 is 30.8 Å². The van der Waals surface area contributed by atoms with Gasteiger partial charge in [0.05, 0.1) is 12.3 Å². The van der Waals surface area contributed by atoms with E-state index < -0.39 is 11.5 Å². The number of hydrogen-bond donors (Lipinski definition) is 1. The minimum absolute atomic E-state index is 0. The molecule has 0 saturated heterocycles. The van der Waals surface area contributed by atoms with Crippen LogP contribution in [0.1, 0.15) is 17.3 Å². The molecule has 2 aromatic heterocycles. The quantitative estimate of drug-likeness (QED) is 0.873. The Labute approximate surface area is 127 Å². The van der Waals surface area contributed by atoms with Crippen LogP contribution in [-0.2, 0) is 4.74 Å². The smallest absolute Gasteiger partial charge is 0.343 e. The van der Waals surface area contributed by atoms with Crippen molar-refractivity contribution in [2.45, 2.75) is 6.92 Å². The first kappa shape index (κ1) is 18.1. The molecule has 0 aliphatic carbocycles. The molecule has 0 aliphatic rings. The Hall–Kier alpha value is -1.92. The van der Waals surface area contributed by atoms with E-state index >= 15 is 0 Å². The average molecular weight is 318 g/mol. The molecule has 0 atom stereocenters.